The fourth-order valence-corrected chi connectivity index (χ4v) is 2.93. The molecule has 0 bridgehead atoms. The number of nitrogens with zero attached hydrogens (tertiary/aromatic N) is 2. The van der Waals surface area contributed by atoms with Crippen molar-refractivity contribution in [1.29, 1.82) is 0 Å². The Morgan fingerprint density at radius 1 is 1.36 bits per heavy atom. The third-order valence-corrected chi connectivity index (χ3v) is 3.92. The Kier molecular flexibility index (Phi) is 4.27. The van der Waals surface area contributed by atoms with Crippen molar-refractivity contribution in [2.75, 3.05) is 18.5 Å². The highest BCUT2D eigenvalue weighted by Crippen LogP contribution is 2.33. The van der Waals surface area contributed by atoms with Gasteiger partial charge in [-0.1, -0.05) is 17.4 Å². The molecule has 0 unspecified atom stereocenters. The molecule has 0 saturated heterocycles. The summed E-state index contributed by atoms with van der Waals surface area (Å²) in [6, 6.07) is 12.0. The van der Waals surface area contributed by atoms with Crippen molar-refractivity contribution < 1.29 is 9.90 Å². The van der Waals surface area contributed by atoms with Crippen LogP contribution < -0.4 is 10.6 Å². The van der Waals surface area contributed by atoms with Crippen molar-refractivity contribution in [1.82, 2.24) is 15.3 Å². The number of urea groups is 1. The molecule has 3 rings (SSSR count). The molecule has 1 radical (unpaired) electrons. The first-order chi connectivity index (χ1) is 10.8. The molecule has 2 aromatic heterocycles. The Bertz CT molecular complexity index is 789. The largest absolute Gasteiger partial charge is 0.395 e. The van der Waals surface area contributed by atoms with E-state index >= 15 is 0 Å². The van der Waals surface area contributed by atoms with Gasteiger partial charge in [0, 0.05) is 18.3 Å². The monoisotopic (exact) mass is 313 g/mol. The van der Waals surface area contributed by atoms with Crippen molar-refractivity contribution in [3.05, 3.63) is 42.6 Å². The van der Waals surface area contributed by atoms with Crippen LogP contribution in [0.3, 0.4) is 0 Å². The van der Waals surface area contributed by atoms with Gasteiger partial charge in [0.1, 0.15) is 0 Å². The van der Waals surface area contributed by atoms with Crippen molar-refractivity contribution in [2.24, 2.45) is 0 Å². The molecule has 0 fully saturated rings. The first kappa shape index (κ1) is 14.4. The van der Waals surface area contributed by atoms with Crippen LogP contribution in [0.15, 0.2) is 36.5 Å². The third-order valence-electron chi connectivity index (χ3n) is 2.90. The van der Waals surface area contributed by atoms with Gasteiger partial charge in [0.05, 0.1) is 22.5 Å². The number of benzene rings is 1. The number of carbonyl (C=O) groups excluding carboxylic acids is 1. The lowest BCUT2D eigenvalue weighted by Gasteiger charge is -2.02. The van der Waals surface area contributed by atoms with E-state index in [1.54, 1.807) is 12.3 Å². The fraction of sp³-hybridized carbons (Fsp3) is 0.133. The SMILES string of the molecule is O=C(NCCO)Nc1nc2c[c]cc(-c3ccccn3)c2s1. The van der Waals surface area contributed by atoms with Crippen LogP contribution in [0.25, 0.3) is 21.5 Å². The topological polar surface area (TPSA) is 87.1 Å². The van der Waals surface area contributed by atoms with Crippen LogP contribution in [-0.4, -0.2) is 34.3 Å². The number of aliphatic hydroxyl groups is 1. The van der Waals surface area contributed by atoms with E-state index in [-0.39, 0.29) is 13.2 Å². The van der Waals surface area contributed by atoms with Crippen LogP contribution in [0.4, 0.5) is 9.93 Å². The molecule has 0 aliphatic heterocycles. The second kappa shape index (κ2) is 6.50. The molecule has 111 valence electrons. The van der Waals surface area contributed by atoms with E-state index in [0.29, 0.717) is 5.13 Å². The second-order valence-corrected chi connectivity index (χ2v) is 5.42. The Labute approximate surface area is 130 Å². The first-order valence-corrected chi connectivity index (χ1v) is 7.47. The van der Waals surface area contributed by atoms with Gasteiger partial charge in [-0.05, 0) is 30.3 Å². The average molecular weight is 313 g/mol. The quantitative estimate of drug-likeness (QED) is 0.689. The molecular weight excluding hydrogens is 300 g/mol. The van der Waals surface area contributed by atoms with Crippen molar-refractivity contribution >= 4 is 32.7 Å². The minimum Gasteiger partial charge on any atom is -0.395 e. The number of hydrogen-bond donors (Lipinski definition) is 3. The van der Waals surface area contributed by atoms with Crippen molar-refractivity contribution in [3.8, 4) is 11.3 Å². The van der Waals surface area contributed by atoms with Gasteiger partial charge in [-0.25, -0.2) is 9.78 Å². The maximum Gasteiger partial charge on any atom is 0.321 e. The number of nitrogens with one attached hydrogen (secondary N) is 2. The van der Waals surface area contributed by atoms with Gasteiger partial charge in [-0.15, -0.1) is 0 Å². The highest BCUT2D eigenvalue weighted by atomic mass is 32.1. The number of aliphatic hydroxyl groups excluding tert-OH is 1. The fourth-order valence-electron chi connectivity index (χ4n) is 1.97. The van der Waals surface area contributed by atoms with E-state index in [2.05, 4.69) is 26.7 Å². The molecule has 2 amide bonds. The van der Waals surface area contributed by atoms with Crippen LogP contribution >= 0.6 is 11.3 Å². The molecule has 2 heterocycles. The molecular formula is C15H13N4O2S. The van der Waals surface area contributed by atoms with Gasteiger partial charge in [-0.3, -0.25) is 10.3 Å². The maximum atomic E-state index is 11.6. The summed E-state index contributed by atoms with van der Waals surface area (Å²) in [6.45, 7) is 0.0930. The van der Waals surface area contributed by atoms with Gasteiger partial charge in [0.2, 0.25) is 0 Å². The summed E-state index contributed by atoms with van der Waals surface area (Å²) in [7, 11) is 0. The zero-order valence-electron chi connectivity index (χ0n) is 11.5. The predicted octanol–water partition coefficient (Wildman–Crippen LogP) is 2.27. The number of carbonyl (C=O) groups is 1. The number of fused-ring (bicyclic) bond motifs is 1. The zero-order chi connectivity index (χ0) is 15.4. The van der Waals surface area contributed by atoms with E-state index in [0.717, 1.165) is 21.5 Å². The number of thiazole rings is 1. The predicted molar refractivity (Wildman–Crippen MR) is 85.8 cm³/mol. The minimum absolute atomic E-state index is 0.105. The van der Waals surface area contributed by atoms with Crippen LogP contribution in [-0.2, 0) is 0 Å². The molecule has 0 atom stereocenters. The lowest BCUT2D eigenvalue weighted by atomic mass is 10.1. The van der Waals surface area contributed by atoms with E-state index in [9.17, 15) is 4.79 Å². The number of rotatable bonds is 4. The molecule has 3 aromatic rings. The van der Waals surface area contributed by atoms with Crippen LogP contribution in [0.1, 0.15) is 0 Å². The van der Waals surface area contributed by atoms with E-state index < -0.39 is 6.03 Å². The lowest BCUT2D eigenvalue weighted by molar-refractivity contribution is 0.245. The van der Waals surface area contributed by atoms with E-state index in [4.69, 9.17) is 5.11 Å². The zero-order valence-corrected chi connectivity index (χ0v) is 12.4. The van der Waals surface area contributed by atoms with Gasteiger partial charge in [0.25, 0.3) is 0 Å². The molecule has 1 aromatic carbocycles. The third kappa shape index (κ3) is 3.05. The summed E-state index contributed by atoms with van der Waals surface area (Å²) in [5.41, 5.74) is 2.52. The number of anilines is 1. The van der Waals surface area contributed by atoms with Crippen molar-refractivity contribution in [2.45, 2.75) is 0 Å². The normalized spacial score (nSPS) is 10.6. The molecule has 6 nitrogen and oxygen atoms in total. The minimum atomic E-state index is -0.392. The number of hydrogen-bond acceptors (Lipinski definition) is 5. The average Bonchev–Trinajstić information content (AvgIpc) is 2.95. The van der Waals surface area contributed by atoms with Gasteiger partial charge < -0.3 is 10.4 Å². The highest BCUT2D eigenvalue weighted by molar-refractivity contribution is 7.22. The standard InChI is InChI=1S/C15H13N4O2S/c20-9-8-17-14(21)19-15-18-12-6-3-4-10(13(12)22-15)11-5-1-2-7-16-11/h1-2,4-7,20H,8-9H2,(H2,17,18,19,21). The molecule has 3 N–H and O–H groups in total. The number of amides is 2. The summed E-state index contributed by atoms with van der Waals surface area (Å²) in [5, 5.41) is 14.4. The lowest BCUT2D eigenvalue weighted by Crippen LogP contribution is -2.30. The second-order valence-electron chi connectivity index (χ2n) is 4.42. The molecule has 22 heavy (non-hydrogen) atoms. The molecule has 0 saturated carbocycles. The van der Waals surface area contributed by atoms with Crippen LogP contribution in [0.5, 0.6) is 0 Å². The molecule has 0 aliphatic rings. The summed E-state index contributed by atoms with van der Waals surface area (Å²) >= 11 is 1.37. The van der Waals surface area contributed by atoms with Gasteiger partial charge in [0.15, 0.2) is 5.13 Å². The van der Waals surface area contributed by atoms with Crippen molar-refractivity contribution in [3.63, 3.8) is 0 Å². The van der Waals surface area contributed by atoms with E-state index in [1.165, 1.54) is 11.3 Å². The Morgan fingerprint density at radius 2 is 2.27 bits per heavy atom. The Hall–Kier alpha value is -2.51. The first-order valence-electron chi connectivity index (χ1n) is 6.65. The van der Waals surface area contributed by atoms with Crippen LogP contribution in [0.2, 0.25) is 0 Å². The summed E-state index contributed by atoms with van der Waals surface area (Å²) < 4.78 is 0.940. The van der Waals surface area contributed by atoms with Crippen LogP contribution in [0, 0.1) is 6.07 Å². The maximum absolute atomic E-state index is 11.6. The summed E-state index contributed by atoms with van der Waals surface area (Å²) in [5.74, 6) is 0. The number of aromatic nitrogens is 2. The summed E-state index contributed by atoms with van der Waals surface area (Å²) in [6.07, 6.45) is 1.73. The molecule has 7 heteroatoms. The highest BCUT2D eigenvalue weighted by Gasteiger charge is 2.11. The Morgan fingerprint density at radius 3 is 3.05 bits per heavy atom. The molecule has 0 aliphatic carbocycles. The van der Waals surface area contributed by atoms with E-state index in [1.807, 2.05) is 24.3 Å². The smallest absolute Gasteiger partial charge is 0.321 e. The summed E-state index contributed by atoms with van der Waals surface area (Å²) in [4.78, 5) is 20.3. The Balaban J connectivity index is 1.92. The van der Waals surface area contributed by atoms with Gasteiger partial charge in [-0.2, -0.15) is 0 Å². The van der Waals surface area contributed by atoms with Gasteiger partial charge >= 0.3 is 6.03 Å². The number of pyridine rings is 1. The molecule has 0 spiro atoms.